The second-order valence-corrected chi connectivity index (χ2v) is 15.9. The first-order chi connectivity index (χ1) is 28.8. The van der Waals surface area contributed by atoms with Crippen molar-refractivity contribution in [2.75, 3.05) is 4.90 Å². The zero-order valence-corrected chi connectivity index (χ0v) is 32.2. The zero-order valence-electron chi connectivity index (χ0n) is 31.3. The van der Waals surface area contributed by atoms with Crippen LogP contribution in [0.4, 0.5) is 17.1 Å². The van der Waals surface area contributed by atoms with Gasteiger partial charge in [0.2, 0.25) is 0 Å². The fourth-order valence-corrected chi connectivity index (χ4v) is 10.2. The summed E-state index contributed by atoms with van der Waals surface area (Å²) in [6.45, 7) is 0. The SMILES string of the molecule is c1ccc(-n2c3ccccc3c3ccc(-c4ccccc4-c4ccc(N(c5cccc6c5oc5ccccc56)c5cccc6c5sc5ccccc56)cc4)cc32)cc1. The highest BCUT2D eigenvalue weighted by atomic mass is 32.1. The molecule has 0 amide bonds. The molecule has 0 bridgehead atoms. The predicted molar refractivity (Wildman–Crippen MR) is 247 cm³/mol. The topological polar surface area (TPSA) is 21.3 Å². The van der Waals surface area contributed by atoms with Gasteiger partial charge in [-0.05, 0) is 82.9 Å². The van der Waals surface area contributed by atoms with E-state index < -0.39 is 0 Å². The number of para-hydroxylation sites is 4. The van der Waals surface area contributed by atoms with E-state index in [2.05, 4.69) is 210 Å². The summed E-state index contributed by atoms with van der Waals surface area (Å²) < 4.78 is 11.6. The van der Waals surface area contributed by atoms with Crippen LogP contribution in [0.25, 0.3) is 91.9 Å². The van der Waals surface area contributed by atoms with Crippen molar-refractivity contribution < 1.29 is 4.42 Å². The Labute approximate surface area is 338 Å². The fourth-order valence-electron chi connectivity index (χ4n) is 8.99. The average Bonchev–Trinajstić information content (AvgIpc) is 3.97. The maximum Gasteiger partial charge on any atom is 0.159 e. The Morgan fingerprint density at radius 1 is 0.414 bits per heavy atom. The Kier molecular flexibility index (Phi) is 7.40. The summed E-state index contributed by atoms with van der Waals surface area (Å²) in [4.78, 5) is 2.38. The third-order valence-electron chi connectivity index (χ3n) is 11.6. The summed E-state index contributed by atoms with van der Waals surface area (Å²) in [5.41, 5.74) is 13.2. The highest BCUT2D eigenvalue weighted by molar-refractivity contribution is 7.26. The molecule has 12 aromatic rings. The normalized spacial score (nSPS) is 11.8. The Hall–Kier alpha value is -7.40. The van der Waals surface area contributed by atoms with Crippen molar-refractivity contribution in [3.8, 4) is 27.9 Å². The lowest BCUT2D eigenvalue weighted by atomic mass is 9.93. The van der Waals surface area contributed by atoms with Gasteiger partial charge in [-0.1, -0.05) is 146 Å². The van der Waals surface area contributed by atoms with Gasteiger partial charge in [0.15, 0.2) is 5.58 Å². The number of furan rings is 1. The summed E-state index contributed by atoms with van der Waals surface area (Å²) in [6.07, 6.45) is 0. The van der Waals surface area contributed by atoms with E-state index >= 15 is 0 Å². The van der Waals surface area contributed by atoms with E-state index in [4.69, 9.17) is 4.42 Å². The van der Waals surface area contributed by atoms with Crippen LogP contribution < -0.4 is 4.90 Å². The van der Waals surface area contributed by atoms with Gasteiger partial charge in [0.05, 0.1) is 27.1 Å². The van der Waals surface area contributed by atoms with Gasteiger partial charge in [-0.3, -0.25) is 0 Å². The number of rotatable bonds is 6. The Morgan fingerprint density at radius 2 is 1.03 bits per heavy atom. The molecule has 0 aliphatic carbocycles. The molecule has 0 saturated heterocycles. The van der Waals surface area contributed by atoms with Crippen LogP contribution in [0, 0.1) is 0 Å². The van der Waals surface area contributed by atoms with Crippen molar-refractivity contribution in [2.24, 2.45) is 0 Å². The number of anilines is 3. The van der Waals surface area contributed by atoms with Gasteiger partial charge >= 0.3 is 0 Å². The Morgan fingerprint density at radius 3 is 1.88 bits per heavy atom. The van der Waals surface area contributed by atoms with Crippen LogP contribution in [0.15, 0.2) is 211 Å². The third kappa shape index (κ3) is 5.05. The van der Waals surface area contributed by atoms with Crippen LogP contribution >= 0.6 is 11.3 Å². The van der Waals surface area contributed by atoms with Crippen LogP contribution in [-0.4, -0.2) is 4.57 Å². The molecule has 0 fully saturated rings. The standard InChI is InChI=1S/C54H34N2OS/c1-2-14-37(15-3-1)55-47-23-9-6-18-41(47)42-33-30-36(34-50(42)55)40-17-5-4-16-39(40)35-28-31-38(32-29-35)56(48-24-12-21-45-43-19-7-10-26-51(43)57-53(45)48)49-25-13-22-46-44-20-8-11-27-52(44)58-54(46)49/h1-34H. The third-order valence-corrected chi connectivity index (χ3v) is 12.8. The minimum absolute atomic E-state index is 0.875. The Balaban J connectivity index is 1.02. The molecule has 0 atom stereocenters. The van der Waals surface area contributed by atoms with Gasteiger partial charge in [0.25, 0.3) is 0 Å². The predicted octanol–water partition coefficient (Wildman–Crippen LogP) is 15.9. The van der Waals surface area contributed by atoms with E-state index in [1.807, 2.05) is 17.4 Å². The van der Waals surface area contributed by atoms with Gasteiger partial charge in [-0.25, -0.2) is 0 Å². The molecule has 0 spiro atoms. The number of nitrogens with zero attached hydrogens (tertiary/aromatic N) is 2. The van der Waals surface area contributed by atoms with E-state index in [0.717, 1.165) is 50.3 Å². The fraction of sp³-hybridized carbons (Fsp3) is 0. The van der Waals surface area contributed by atoms with Crippen molar-refractivity contribution in [3.05, 3.63) is 206 Å². The van der Waals surface area contributed by atoms with Crippen molar-refractivity contribution in [3.63, 3.8) is 0 Å². The molecule has 0 unspecified atom stereocenters. The van der Waals surface area contributed by atoms with Crippen molar-refractivity contribution in [2.45, 2.75) is 0 Å². The lowest BCUT2D eigenvalue weighted by Crippen LogP contribution is -2.10. The summed E-state index contributed by atoms with van der Waals surface area (Å²) in [6, 6.07) is 74.3. The smallest absolute Gasteiger partial charge is 0.159 e. The molecule has 58 heavy (non-hydrogen) atoms. The first-order valence-corrected chi connectivity index (χ1v) is 20.5. The lowest BCUT2D eigenvalue weighted by Gasteiger charge is -2.26. The molecule has 0 saturated carbocycles. The highest BCUT2D eigenvalue weighted by Gasteiger charge is 2.23. The average molecular weight is 759 g/mol. The molecule has 272 valence electrons. The van der Waals surface area contributed by atoms with Crippen LogP contribution in [0.3, 0.4) is 0 Å². The zero-order chi connectivity index (χ0) is 38.2. The van der Waals surface area contributed by atoms with E-state index in [-0.39, 0.29) is 0 Å². The van der Waals surface area contributed by atoms with Crippen molar-refractivity contribution >= 4 is 92.3 Å². The van der Waals surface area contributed by atoms with Crippen LogP contribution in [0.5, 0.6) is 0 Å². The molecule has 0 aliphatic heterocycles. The Bertz CT molecular complexity index is 3400. The van der Waals surface area contributed by atoms with E-state index in [9.17, 15) is 0 Å². The molecular weight excluding hydrogens is 725 g/mol. The summed E-state index contributed by atoms with van der Waals surface area (Å²) in [7, 11) is 0. The summed E-state index contributed by atoms with van der Waals surface area (Å²) in [5, 5.41) is 7.27. The monoisotopic (exact) mass is 758 g/mol. The summed E-state index contributed by atoms with van der Waals surface area (Å²) >= 11 is 1.84. The number of hydrogen-bond acceptors (Lipinski definition) is 3. The molecule has 0 radical (unpaired) electrons. The van der Waals surface area contributed by atoms with Gasteiger partial charge in [-0.2, -0.15) is 0 Å². The number of aromatic nitrogens is 1. The second-order valence-electron chi connectivity index (χ2n) is 14.9. The maximum absolute atomic E-state index is 6.68. The van der Waals surface area contributed by atoms with Crippen LogP contribution in [0.2, 0.25) is 0 Å². The minimum Gasteiger partial charge on any atom is -0.454 e. The molecule has 3 heterocycles. The van der Waals surface area contributed by atoms with E-state index in [1.54, 1.807) is 0 Å². The van der Waals surface area contributed by atoms with E-state index in [0.29, 0.717) is 0 Å². The minimum atomic E-state index is 0.875. The highest BCUT2D eigenvalue weighted by Crippen LogP contribution is 2.48. The van der Waals surface area contributed by atoms with E-state index in [1.165, 1.54) is 58.7 Å². The second kappa shape index (κ2) is 13.1. The number of hydrogen-bond donors (Lipinski definition) is 0. The lowest BCUT2D eigenvalue weighted by molar-refractivity contribution is 0.669. The number of fused-ring (bicyclic) bond motifs is 9. The van der Waals surface area contributed by atoms with Gasteiger partial charge in [0.1, 0.15) is 5.58 Å². The van der Waals surface area contributed by atoms with Gasteiger partial charge in [-0.15, -0.1) is 11.3 Å². The van der Waals surface area contributed by atoms with Gasteiger partial charge in [0, 0.05) is 48.4 Å². The first-order valence-electron chi connectivity index (χ1n) is 19.7. The largest absolute Gasteiger partial charge is 0.454 e. The molecule has 12 rings (SSSR count). The number of benzene rings is 9. The molecule has 3 aromatic heterocycles. The summed E-state index contributed by atoms with van der Waals surface area (Å²) in [5.74, 6) is 0. The molecular formula is C54H34N2OS. The van der Waals surface area contributed by atoms with Crippen molar-refractivity contribution in [1.29, 1.82) is 0 Å². The molecule has 9 aromatic carbocycles. The first kappa shape index (κ1) is 32.8. The molecule has 4 heteroatoms. The van der Waals surface area contributed by atoms with Crippen LogP contribution in [0.1, 0.15) is 0 Å². The molecule has 0 N–H and O–H groups in total. The van der Waals surface area contributed by atoms with Crippen molar-refractivity contribution in [1.82, 2.24) is 4.57 Å². The molecule has 0 aliphatic rings. The quantitative estimate of drug-likeness (QED) is 0.168. The number of thiophene rings is 1. The maximum atomic E-state index is 6.68. The van der Waals surface area contributed by atoms with Crippen LogP contribution in [-0.2, 0) is 0 Å². The van der Waals surface area contributed by atoms with Gasteiger partial charge < -0.3 is 13.9 Å². The molecule has 3 nitrogen and oxygen atoms in total.